The quantitative estimate of drug-likeness (QED) is 0.569. The molecule has 0 amide bonds. The van der Waals surface area contributed by atoms with Crippen molar-refractivity contribution in [3.63, 3.8) is 0 Å². The van der Waals surface area contributed by atoms with Crippen LogP contribution in [-0.2, 0) is 6.42 Å². The molecule has 0 bridgehead atoms. The molecule has 3 heterocycles. The lowest BCUT2D eigenvalue weighted by molar-refractivity contribution is 0.358. The molecule has 2 aromatic heterocycles. The molecule has 5 rings (SSSR count). The summed E-state index contributed by atoms with van der Waals surface area (Å²) in [4.78, 5) is 4.40. The standard InChI is InChI=1S/C19H14N4O/c1-4-13-9-11-24-19(13)15(5-1)17-12-23(22-21-17)18-8-2-7-16-14(18)6-3-10-20-16/h1-8,10,12H,9,11H2. The van der Waals surface area contributed by atoms with Crippen molar-refractivity contribution in [1.29, 1.82) is 0 Å². The topological polar surface area (TPSA) is 52.8 Å². The van der Waals surface area contributed by atoms with E-state index in [1.165, 1.54) is 5.56 Å². The van der Waals surface area contributed by atoms with Gasteiger partial charge in [0.05, 0.1) is 24.0 Å². The van der Waals surface area contributed by atoms with Gasteiger partial charge in [-0.05, 0) is 35.9 Å². The van der Waals surface area contributed by atoms with Crippen molar-refractivity contribution in [2.75, 3.05) is 6.61 Å². The number of para-hydroxylation sites is 1. The van der Waals surface area contributed by atoms with E-state index < -0.39 is 0 Å². The molecular formula is C19H14N4O. The van der Waals surface area contributed by atoms with Gasteiger partial charge in [0.25, 0.3) is 0 Å². The normalized spacial score (nSPS) is 13.0. The molecule has 0 N–H and O–H groups in total. The summed E-state index contributed by atoms with van der Waals surface area (Å²) in [5.41, 5.74) is 4.95. The van der Waals surface area contributed by atoms with Gasteiger partial charge in [-0.2, -0.15) is 0 Å². The molecule has 0 radical (unpaired) electrons. The monoisotopic (exact) mass is 314 g/mol. The number of hydrogen-bond acceptors (Lipinski definition) is 4. The Morgan fingerprint density at radius 3 is 2.96 bits per heavy atom. The van der Waals surface area contributed by atoms with Crippen molar-refractivity contribution in [2.24, 2.45) is 0 Å². The summed E-state index contributed by atoms with van der Waals surface area (Å²) in [7, 11) is 0. The van der Waals surface area contributed by atoms with Crippen LogP contribution in [0.1, 0.15) is 5.56 Å². The molecule has 4 aromatic rings. The van der Waals surface area contributed by atoms with Crippen LogP contribution in [-0.4, -0.2) is 26.6 Å². The van der Waals surface area contributed by atoms with Crippen LogP contribution >= 0.6 is 0 Å². The first-order valence-electron chi connectivity index (χ1n) is 7.92. The molecular weight excluding hydrogens is 300 g/mol. The van der Waals surface area contributed by atoms with E-state index in [4.69, 9.17) is 4.74 Å². The summed E-state index contributed by atoms with van der Waals surface area (Å²) in [5.74, 6) is 0.934. The van der Waals surface area contributed by atoms with Gasteiger partial charge in [-0.1, -0.05) is 23.4 Å². The molecule has 116 valence electrons. The molecule has 5 heteroatoms. The minimum absolute atomic E-state index is 0.732. The number of rotatable bonds is 2. The first kappa shape index (κ1) is 13.2. The smallest absolute Gasteiger partial charge is 0.132 e. The second-order valence-electron chi connectivity index (χ2n) is 5.79. The van der Waals surface area contributed by atoms with Gasteiger partial charge in [0.15, 0.2) is 0 Å². The van der Waals surface area contributed by atoms with Gasteiger partial charge in [0.1, 0.15) is 11.4 Å². The molecule has 0 aliphatic carbocycles. The largest absolute Gasteiger partial charge is 0.492 e. The zero-order valence-electron chi connectivity index (χ0n) is 12.9. The van der Waals surface area contributed by atoms with E-state index in [9.17, 15) is 0 Å². The molecule has 1 aliphatic heterocycles. The molecule has 0 fully saturated rings. The third kappa shape index (κ3) is 1.98. The molecule has 0 unspecified atom stereocenters. The van der Waals surface area contributed by atoms with E-state index in [2.05, 4.69) is 21.4 Å². The van der Waals surface area contributed by atoms with E-state index in [-0.39, 0.29) is 0 Å². The summed E-state index contributed by atoms with van der Waals surface area (Å²) in [5, 5.41) is 9.73. The predicted octanol–water partition coefficient (Wildman–Crippen LogP) is 3.42. The highest BCUT2D eigenvalue weighted by molar-refractivity contribution is 5.87. The van der Waals surface area contributed by atoms with Gasteiger partial charge in [0, 0.05) is 23.6 Å². The fourth-order valence-corrected chi connectivity index (χ4v) is 3.21. The van der Waals surface area contributed by atoms with E-state index in [0.29, 0.717) is 0 Å². The SMILES string of the molecule is c1cc2c(c(-c3cn(-c4cccc5ncccc45)nn3)c1)OCC2. The molecule has 0 atom stereocenters. The van der Waals surface area contributed by atoms with Gasteiger partial charge >= 0.3 is 0 Å². The highest BCUT2D eigenvalue weighted by Gasteiger charge is 2.19. The zero-order valence-corrected chi connectivity index (χ0v) is 12.9. The number of benzene rings is 2. The van der Waals surface area contributed by atoms with Crippen LogP contribution in [0.15, 0.2) is 60.9 Å². The molecule has 0 saturated heterocycles. The Labute approximate surface area is 138 Å². The van der Waals surface area contributed by atoms with Crippen molar-refractivity contribution in [2.45, 2.75) is 6.42 Å². The summed E-state index contributed by atoms with van der Waals surface area (Å²) < 4.78 is 7.58. The van der Waals surface area contributed by atoms with Crippen LogP contribution in [0.4, 0.5) is 0 Å². The first-order valence-corrected chi connectivity index (χ1v) is 7.92. The number of ether oxygens (including phenoxy) is 1. The molecule has 24 heavy (non-hydrogen) atoms. The molecule has 2 aromatic carbocycles. The van der Waals surface area contributed by atoms with Gasteiger partial charge < -0.3 is 4.74 Å². The molecule has 1 aliphatic rings. The number of aromatic nitrogens is 4. The van der Waals surface area contributed by atoms with Gasteiger partial charge in [-0.3, -0.25) is 4.98 Å². The maximum absolute atomic E-state index is 5.78. The van der Waals surface area contributed by atoms with Crippen LogP contribution in [0.25, 0.3) is 27.8 Å². The maximum Gasteiger partial charge on any atom is 0.132 e. The number of pyridine rings is 1. The Bertz CT molecular complexity index is 1050. The lowest BCUT2D eigenvalue weighted by Crippen LogP contribution is -1.96. The highest BCUT2D eigenvalue weighted by Crippen LogP contribution is 2.36. The summed E-state index contributed by atoms with van der Waals surface area (Å²) in [6, 6.07) is 16.2. The van der Waals surface area contributed by atoms with E-state index in [1.807, 2.05) is 48.7 Å². The van der Waals surface area contributed by atoms with Crippen molar-refractivity contribution in [3.05, 3.63) is 66.5 Å². The average Bonchev–Trinajstić information content (AvgIpc) is 3.30. The zero-order chi connectivity index (χ0) is 15.9. The van der Waals surface area contributed by atoms with Crippen LogP contribution in [0.5, 0.6) is 5.75 Å². The second-order valence-corrected chi connectivity index (χ2v) is 5.79. The van der Waals surface area contributed by atoms with Crippen molar-refractivity contribution >= 4 is 10.9 Å². The average molecular weight is 314 g/mol. The third-order valence-corrected chi connectivity index (χ3v) is 4.35. The van der Waals surface area contributed by atoms with Crippen LogP contribution in [0.3, 0.4) is 0 Å². The summed E-state index contributed by atoms with van der Waals surface area (Å²) >= 11 is 0. The number of nitrogens with zero attached hydrogens (tertiary/aromatic N) is 4. The van der Waals surface area contributed by atoms with Crippen molar-refractivity contribution in [1.82, 2.24) is 20.0 Å². The molecule has 0 spiro atoms. The van der Waals surface area contributed by atoms with E-state index in [0.717, 1.165) is 46.6 Å². The van der Waals surface area contributed by atoms with Crippen molar-refractivity contribution in [3.8, 4) is 22.7 Å². The van der Waals surface area contributed by atoms with Crippen LogP contribution < -0.4 is 4.74 Å². The Morgan fingerprint density at radius 2 is 1.96 bits per heavy atom. The molecule has 5 nitrogen and oxygen atoms in total. The van der Waals surface area contributed by atoms with Crippen LogP contribution in [0, 0.1) is 0 Å². The van der Waals surface area contributed by atoms with Gasteiger partial charge in [0.2, 0.25) is 0 Å². The minimum atomic E-state index is 0.732. The lowest BCUT2D eigenvalue weighted by Gasteiger charge is -2.05. The fourth-order valence-electron chi connectivity index (χ4n) is 3.21. The Hall–Kier alpha value is -3.21. The third-order valence-electron chi connectivity index (χ3n) is 4.35. The Balaban J connectivity index is 1.64. The number of hydrogen-bond donors (Lipinski definition) is 0. The predicted molar refractivity (Wildman–Crippen MR) is 91.3 cm³/mol. The van der Waals surface area contributed by atoms with E-state index in [1.54, 1.807) is 10.9 Å². The Morgan fingerprint density at radius 1 is 1.00 bits per heavy atom. The molecule has 0 saturated carbocycles. The van der Waals surface area contributed by atoms with Crippen molar-refractivity contribution < 1.29 is 4.74 Å². The number of fused-ring (bicyclic) bond motifs is 2. The first-order chi connectivity index (χ1) is 11.9. The summed E-state index contributed by atoms with van der Waals surface area (Å²) in [6.07, 6.45) is 4.69. The van der Waals surface area contributed by atoms with Gasteiger partial charge in [-0.25, -0.2) is 4.68 Å². The second kappa shape index (κ2) is 5.16. The van der Waals surface area contributed by atoms with Gasteiger partial charge in [-0.15, -0.1) is 5.10 Å². The minimum Gasteiger partial charge on any atom is -0.492 e. The van der Waals surface area contributed by atoms with E-state index >= 15 is 0 Å². The van der Waals surface area contributed by atoms with Crippen LogP contribution in [0.2, 0.25) is 0 Å². The lowest BCUT2D eigenvalue weighted by atomic mass is 10.1. The summed E-state index contributed by atoms with van der Waals surface area (Å²) in [6.45, 7) is 0.732. The maximum atomic E-state index is 5.78. The fraction of sp³-hybridized carbons (Fsp3) is 0.105. The Kier molecular flexibility index (Phi) is 2.85. The highest BCUT2D eigenvalue weighted by atomic mass is 16.5.